The summed E-state index contributed by atoms with van der Waals surface area (Å²) >= 11 is 0. The summed E-state index contributed by atoms with van der Waals surface area (Å²) in [5.74, 6) is 0.0399. The number of alkyl halides is 3. The van der Waals surface area contributed by atoms with Gasteiger partial charge in [0.1, 0.15) is 0 Å². The highest BCUT2D eigenvalue weighted by molar-refractivity contribution is 5.78. The predicted octanol–water partition coefficient (Wildman–Crippen LogP) is 3.52. The summed E-state index contributed by atoms with van der Waals surface area (Å²) in [4.78, 5) is 16.6. The van der Waals surface area contributed by atoms with Crippen LogP contribution in [0.5, 0.6) is 0 Å². The van der Waals surface area contributed by atoms with Crippen LogP contribution in [0.15, 0.2) is 24.3 Å². The number of rotatable bonds is 6. The van der Waals surface area contributed by atoms with Gasteiger partial charge in [0.2, 0.25) is 5.91 Å². The van der Waals surface area contributed by atoms with E-state index in [2.05, 4.69) is 15.1 Å². The van der Waals surface area contributed by atoms with Gasteiger partial charge in [-0.2, -0.15) is 13.2 Å². The van der Waals surface area contributed by atoms with E-state index in [1.807, 2.05) is 20.8 Å². The number of nitrogens with zero attached hydrogens (tertiary/aromatic N) is 2. The molecule has 1 saturated heterocycles. The average molecular weight is 385 g/mol. The third-order valence-corrected chi connectivity index (χ3v) is 5.10. The van der Waals surface area contributed by atoms with Crippen LogP contribution in [0.4, 0.5) is 13.2 Å². The molecule has 27 heavy (non-hydrogen) atoms. The van der Waals surface area contributed by atoms with Crippen LogP contribution in [-0.4, -0.2) is 54.0 Å². The number of hydrogen-bond acceptors (Lipinski definition) is 3. The Kier molecular flexibility index (Phi) is 7.28. The van der Waals surface area contributed by atoms with Gasteiger partial charge in [0.25, 0.3) is 0 Å². The zero-order chi connectivity index (χ0) is 20.1. The quantitative estimate of drug-likeness (QED) is 0.814. The molecule has 0 atom stereocenters. The zero-order valence-electron chi connectivity index (χ0n) is 16.4. The van der Waals surface area contributed by atoms with Crippen molar-refractivity contribution in [2.75, 3.05) is 32.7 Å². The largest absolute Gasteiger partial charge is 0.416 e. The van der Waals surface area contributed by atoms with Crippen LogP contribution < -0.4 is 5.32 Å². The van der Waals surface area contributed by atoms with E-state index < -0.39 is 11.7 Å². The molecular formula is C20H30F3N3O. The first-order valence-electron chi connectivity index (χ1n) is 9.51. The van der Waals surface area contributed by atoms with Gasteiger partial charge >= 0.3 is 6.18 Å². The summed E-state index contributed by atoms with van der Waals surface area (Å²) in [7, 11) is 0. The molecule has 0 radical (unpaired) electrons. The summed E-state index contributed by atoms with van der Waals surface area (Å²) in [6.45, 7) is 10.4. The lowest BCUT2D eigenvalue weighted by atomic mass is 10.0. The van der Waals surface area contributed by atoms with Gasteiger partial charge in [-0.25, -0.2) is 0 Å². The topological polar surface area (TPSA) is 35.6 Å². The Balaban J connectivity index is 1.83. The third-order valence-electron chi connectivity index (χ3n) is 5.10. The zero-order valence-corrected chi connectivity index (χ0v) is 16.4. The lowest BCUT2D eigenvalue weighted by Gasteiger charge is -2.27. The Hall–Kier alpha value is -1.60. The van der Waals surface area contributed by atoms with Gasteiger partial charge in [0.05, 0.1) is 12.1 Å². The van der Waals surface area contributed by atoms with E-state index in [1.165, 1.54) is 0 Å². The number of carbonyl (C=O) groups is 1. The normalized spacial score (nSPS) is 17.6. The number of nitrogens with one attached hydrogen (secondary N) is 1. The van der Waals surface area contributed by atoms with Crippen LogP contribution in [0, 0.1) is 0 Å². The fourth-order valence-electron chi connectivity index (χ4n) is 3.11. The molecule has 1 aromatic carbocycles. The molecule has 0 bridgehead atoms. The Labute approximate surface area is 159 Å². The van der Waals surface area contributed by atoms with E-state index in [0.29, 0.717) is 13.1 Å². The molecule has 152 valence electrons. The highest BCUT2D eigenvalue weighted by Crippen LogP contribution is 2.29. The summed E-state index contributed by atoms with van der Waals surface area (Å²) in [5.41, 5.74) is 0.0607. The van der Waals surface area contributed by atoms with Crippen molar-refractivity contribution in [3.63, 3.8) is 0 Å². The summed E-state index contributed by atoms with van der Waals surface area (Å²) in [6, 6.07) is 5.37. The highest BCUT2D eigenvalue weighted by Gasteiger charge is 2.30. The molecule has 1 aliphatic rings. The van der Waals surface area contributed by atoms with Crippen molar-refractivity contribution in [1.29, 1.82) is 0 Å². The summed E-state index contributed by atoms with van der Waals surface area (Å²) in [6.07, 6.45) is -2.49. The Morgan fingerprint density at radius 1 is 1.04 bits per heavy atom. The standard InChI is InChI=1S/C20H30F3N3O/c1-4-19(2,3)24-18(27)15-26-11-5-10-25(12-13-26)14-16-6-8-17(9-7-16)20(21,22)23/h6-9H,4-5,10-15H2,1-3H3,(H,24,27). The maximum absolute atomic E-state index is 12.7. The number of halogens is 3. The molecule has 1 heterocycles. The number of carbonyl (C=O) groups excluding carboxylic acids is 1. The fraction of sp³-hybridized carbons (Fsp3) is 0.650. The molecule has 1 N–H and O–H groups in total. The number of hydrogen-bond donors (Lipinski definition) is 1. The van der Waals surface area contributed by atoms with Crippen LogP contribution >= 0.6 is 0 Å². The molecule has 0 aliphatic carbocycles. The molecule has 1 amide bonds. The second-order valence-corrected chi connectivity index (χ2v) is 7.89. The van der Waals surface area contributed by atoms with E-state index >= 15 is 0 Å². The van der Waals surface area contributed by atoms with Crippen LogP contribution in [-0.2, 0) is 17.5 Å². The van der Waals surface area contributed by atoms with Crippen molar-refractivity contribution in [1.82, 2.24) is 15.1 Å². The van der Waals surface area contributed by atoms with Gasteiger partial charge in [0, 0.05) is 25.2 Å². The first-order valence-corrected chi connectivity index (χ1v) is 9.51. The lowest BCUT2D eigenvalue weighted by molar-refractivity contribution is -0.137. The van der Waals surface area contributed by atoms with Gasteiger partial charge < -0.3 is 5.32 Å². The van der Waals surface area contributed by atoms with Gasteiger partial charge in [-0.3, -0.25) is 14.6 Å². The molecule has 2 rings (SSSR count). The minimum atomic E-state index is -4.30. The second kappa shape index (κ2) is 9.06. The van der Waals surface area contributed by atoms with E-state index in [4.69, 9.17) is 0 Å². The van der Waals surface area contributed by atoms with Crippen molar-refractivity contribution in [3.05, 3.63) is 35.4 Å². The minimum Gasteiger partial charge on any atom is -0.350 e. The SMILES string of the molecule is CCC(C)(C)NC(=O)CN1CCCN(Cc2ccc(C(F)(F)F)cc2)CC1. The van der Waals surface area contributed by atoms with Crippen molar-refractivity contribution >= 4 is 5.91 Å². The molecule has 0 spiro atoms. The molecule has 0 aromatic heterocycles. The molecule has 1 aromatic rings. The first kappa shape index (κ1) is 21.7. The first-order chi connectivity index (χ1) is 12.6. The maximum Gasteiger partial charge on any atom is 0.416 e. The van der Waals surface area contributed by atoms with Crippen LogP contribution in [0.2, 0.25) is 0 Å². The molecule has 0 unspecified atom stereocenters. The van der Waals surface area contributed by atoms with Gasteiger partial charge in [-0.15, -0.1) is 0 Å². The molecule has 7 heteroatoms. The van der Waals surface area contributed by atoms with Crippen molar-refractivity contribution in [3.8, 4) is 0 Å². The molecule has 4 nitrogen and oxygen atoms in total. The predicted molar refractivity (Wildman–Crippen MR) is 100 cm³/mol. The maximum atomic E-state index is 12.7. The summed E-state index contributed by atoms with van der Waals surface area (Å²) in [5, 5.41) is 3.06. The fourth-order valence-corrected chi connectivity index (χ4v) is 3.11. The van der Waals surface area contributed by atoms with E-state index in [-0.39, 0.29) is 11.4 Å². The second-order valence-electron chi connectivity index (χ2n) is 7.89. The molecule has 1 fully saturated rings. The van der Waals surface area contributed by atoms with Gasteiger partial charge in [-0.1, -0.05) is 19.1 Å². The van der Waals surface area contributed by atoms with Crippen molar-refractivity contribution in [2.45, 2.75) is 51.9 Å². The molecular weight excluding hydrogens is 355 g/mol. The average Bonchev–Trinajstić information content (AvgIpc) is 2.79. The van der Waals surface area contributed by atoms with Crippen LogP contribution in [0.25, 0.3) is 0 Å². The van der Waals surface area contributed by atoms with Crippen molar-refractivity contribution < 1.29 is 18.0 Å². The Bertz CT molecular complexity index is 614. The monoisotopic (exact) mass is 385 g/mol. The number of benzene rings is 1. The molecule has 1 aliphatic heterocycles. The number of amides is 1. The third kappa shape index (κ3) is 7.14. The Morgan fingerprint density at radius 2 is 1.63 bits per heavy atom. The van der Waals surface area contributed by atoms with E-state index in [0.717, 1.165) is 56.7 Å². The summed E-state index contributed by atoms with van der Waals surface area (Å²) < 4.78 is 38.0. The smallest absolute Gasteiger partial charge is 0.350 e. The minimum absolute atomic E-state index is 0.0399. The van der Waals surface area contributed by atoms with E-state index in [1.54, 1.807) is 12.1 Å². The highest BCUT2D eigenvalue weighted by atomic mass is 19.4. The Morgan fingerprint density at radius 3 is 2.22 bits per heavy atom. The van der Waals surface area contributed by atoms with Crippen LogP contribution in [0.1, 0.15) is 44.7 Å². The van der Waals surface area contributed by atoms with Crippen LogP contribution in [0.3, 0.4) is 0 Å². The van der Waals surface area contributed by atoms with Gasteiger partial charge in [0.15, 0.2) is 0 Å². The van der Waals surface area contributed by atoms with Crippen molar-refractivity contribution in [2.24, 2.45) is 0 Å². The van der Waals surface area contributed by atoms with Gasteiger partial charge in [-0.05, 0) is 57.5 Å². The lowest BCUT2D eigenvalue weighted by Crippen LogP contribution is -2.47. The van der Waals surface area contributed by atoms with E-state index in [9.17, 15) is 18.0 Å². The molecule has 0 saturated carbocycles.